The van der Waals surface area contributed by atoms with Crippen LogP contribution in [0.2, 0.25) is 0 Å². The lowest BCUT2D eigenvalue weighted by Gasteiger charge is -2.06. The standard InChI is InChI=1S/C20H14N2O/c1-12-9-18(22-11-13(12)2)14-7-8-16-15-5-3-4-6-19(15)23-20(16)17(14)10-21/h3-9,11H,1-2H3. The molecule has 0 saturated heterocycles. The summed E-state index contributed by atoms with van der Waals surface area (Å²) in [5.74, 6) is 0. The number of rotatable bonds is 1. The molecule has 2 aromatic heterocycles. The Labute approximate surface area is 133 Å². The molecule has 3 nitrogen and oxygen atoms in total. The molecule has 0 bridgehead atoms. The quantitative estimate of drug-likeness (QED) is 0.489. The van der Waals surface area contributed by atoms with E-state index >= 15 is 0 Å². The Morgan fingerprint density at radius 1 is 1.00 bits per heavy atom. The van der Waals surface area contributed by atoms with Crippen molar-refractivity contribution in [2.75, 3.05) is 0 Å². The van der Waals surface area contributed by atoms with E-state index < -0.39 is 0 Å². The highest BCUT2D eigenvalue weighted by molar-refractivity contribution is 6.08. The van der Waals surface area contributed by atoms with Gasteiger partial charge in [0, 0.05) is 22.5 Å². The minimum absolute atomic E-state index is 0.537. The van der Waals surface area contributed by atoms with Gasteiger partial charge in [-0.2, -0.15) is 5.26 Å². The Kier molecular flexibility index (Phi) is 2.92. The fraction of sp³-hybridized carbons (Fsp3) is 0.100. The smallest absolute Gasteiger partial charge is 0.153 e. The molecule has 0 amide bonds. The molecule has 0 spiro atoms. The van der Waals surface area contributed by atoms with Crippen LogP contribution in [0, 0.1) is 25.2 Å². The Hall–Kier alpha value is -3.12. The van der Waals surface area contributed by atoms with Crippen molar-refractivity contribution < 1.29 is 4.42 Å². The normalized spacial score (nSPS) is 11.0. The fourth-order valence-corrected chi connectivity index (χ4v) is 2.88. The molecule has 0 N–H and O–H groups in total. The van der Waals surface area contributed by atoms with Gasteiger partial charge in [-0.3, -0.25) is 4.98 Å². The lowest BCUT2D eigenvalue weighted by molar-refractivity contribution is 0.668. The second kappa shape index (κ2) is 4.96. The number of hydrogen-bond acceptors (Lipinski definition) is 3. The number of nitrogens with zero attached hydrogens (tertiary/aromatic N) is 2. The van der Waals surface area contributed by atoms with Crippen molar-refractivity contribution in [3.8, 4) is 17.3 Å². The number of aryl methyl sites for hydroxylation is 2. The predicted octanol–water partition coefficient (Wildman–Crippen LogP) is 5.14. The highest BCUT2D eigenvalue weighted by Crippen LogP contribution is 2.35. The molecular formula is C20H14N2O. The number of furan rings is 1. The van der Waals surface area contributed by atoms with Crippen molar-refractivity contribution in [3.63, 3.8) is 0 Å². The van der Waals surface area contributed by atoms with Crippen molar-refractivity contribution in [3.05, 3.63) is 65.4 Å². The summed E-state index contributed by atoms with van der Waals surface area (Å²) in [7, 11) is 0. The third kappa shape index (κ3) is 2.00. The van der Waals surface area contributed by atoms with Crippen LogP contribution in [0.5, 0.6) is 0 Å². The van der Waals surface area contributed by atoms with Crippen LogP contribution in [0.4, 0.5) is 0 Å². The molecule has 4 aromatic rings. The maximum absolute atomic E-state index is 9.69. The van der Waals surface area contributed by atoms with Gasteiger partial charge in [0.15, 0.2) is 5.58 Å². The van der Waals surface area contributed by atoms with Gasteiger partial charge in [-0.05, 0) is 43.2 Å². The molecule has 3 heteroatoms. The fourth-order valence-electron chi connectivity index (χ4n) is 2.88. The van der Waals surface area contributed by atoms with E-state index in [0.717, 1.165) is 38.7 Å². The van der Waals surface area contributed by atoms with Crippen LogP contribution in [-0.4, -0.2) is 4.98 Å². The molecule has 0 aliphatic carbocycles. The molecule has 23 heavy (non-hydrogen) atoms. The average Bonchev–Trinajstić information content (AvgIpc) is 2.95. The summed E-state index contributed by atoms with van der Waals surface area (Å²) in [6.45, 7) is 4.08. The van der Waals surface area contributed by atoms with Gasteiger partial charge < -0.3 is 4.42 Å². The van der Waals surface area contributed by atoms with Gasteiger partial charge in [-0.15, -0.1) is 0 Å². The number of fused-ring (bicyclic) bond motifs is 3. The zero-order chi connectivity index (χ0) is 16.0. The summed E-state index contributed by atoms with van der Waals surface area (Å²) in [6.07, 6.45) is 1.84. The second-order valence-corrected chi connectivity index (χ2v) is 5.73. The van der Waals surface area contributed by atoms with E-state index in [1.54, 1.807) is 0 Å². The number of hydrogen-bond donors (Lipinski definition) is 0. The molecule has 0 aliphatic heterocycles. The number of benzene rings is 2. The zero-order valence-electron chi connectivity index (χ0n) is 12.9. The molecule has 0 unspecified atom stereocenters. The molecule has 110 valence electrons. The average molecular weight is 298 g/mol. The first-order chi connectivity index (χ1) is 11.2. The van der Waals surface area contributed by atoms with Gasteiger partial charge in [0.05, 0.1) is 5.69 Å². The SMILES string of the molecule is Cc1cnc(-c2ccc3c(oc4ccccc43)c2C#N)cc1C. The van der Waals surface area contributed by atoms with Gasteiger partial charge >= 0.3 is 0 Å². The summed E-state index contributed by atoms with van der Waals surface area (Å²) in [6, 6.07) is 16.1. The number of aromatic nitrogens is 1. The van der Waals surface area contributed by atoms with E-state index in [1.165, 1.54) is 0 Å². The van der Waals surface area contributed by atoms with Crippen LogP contribution in [0.15, 0.2) is 53.1 Å². The van der Waals surface area contributed by atoms with E-state index in [4.69, 9.17) is 4.42 Å². The minimum Gasteiger partial charge on any atom is -0.455 e. The van der Waals surface area contributed by atoms with Crippen molar-refractivity contribution in [2.45, 2.75) is 13.8 Å². The van der Waals surface area contributed by atoms with Crippen molar-refractivity contribution >= 4 is 21.9 Å². The summed E-state index contributed by atoms with van der Waals surface area (Å²) < 4.78 is 5.94. The van der Waals surface area contributed by atoms with E-state index in [-0.39, 0.29) is 0 Å². The third-order valence-corrected chi connectivity index (χ3v) is 4.31. The first-order valence-corrected chi connectivity index (χ1v) is 7.47. The highest BCUT2D eigenvalue weighted by atomic mass is 16.3. The molecule has 0 saturated carbocycles. The van der Waals surface area contributed by atoms with Crippen LogP contribution in [0.25, 0.3) is 33.2 Å². The second-order valence-electron chi connectivity index (χ2n) is 5.73. The Morgan fingerprint density at radius 2 is 1.83 bits per heavy atom. The van der Waals surface area contributed by atoms with Crippen molar-refractivity contribution in [2.24, 2.45) is 0 Å². The van der Waals surface area contributed by atoms with E-state index in [1.807, 2.05) is 62.5 Å². The van der Waals surface area contributed by atoms with Gasteiger partial charge in [-0.25, -0.2) is 0 Å². The van der Waals surface area contributed by atoms with Crippen LogP contribution >= 0.6 is 0 Å². The molecule has 0 atom stereocenters. The summed E-state index contributed by atoms with van der Waals surface area (Å²) in [5.41, 5.74) is 5.86. The molecule has 0 radical (unpaired) electrons. The van der Waals surface area contributed by atoms with E-state index in [9.17, 15) is 5.26 Å². The molecule has 4 rings (SSSR count). The van der Waals surface area contributed by atoms with E-state index in [0.29, 0.717) is 11.1 Å². The largest absolute Gasteiger partial charge is 0.455 e. The minimum atomic E-state index is 0.537. The van der Waals surface area contributed by atoms with Crippen molar-refractivity contribution in [1.82, 2.24) is 4.98 Å². The number of pyridine rings is 1. The molecular weight excluding hydrogens is 284 g/mol. The first-order valence-electron chi connectivity index (χ1n) is 7.47. The number of para-hydroxylation sites is 1. The zero-order valence-corrected chi connectivity index (χ0v) is 12.9. The Bertz CT molecular complexity index is 1100. The van der Waals surface area contributed by atoms with Gasteiger partial charge in [0.1, 0.15) is 17.2 Å². The molecule has 2 heterocycles. The topological polar surface area (TPSA) is 49.8 Å². The first kappa shape index (κ1) is 13.5. The van der Waals surface area contributed by atoms with Gasteiger partial charge in [0.2, 0.25) is 0 Å². The Morgan fingerprint density at radius 3 is 2.61 bits per heavy atom. The van der Waals surface area contributed by atoms with Crippen LogP contribution < -0.4 is 0 Å². The number of nitriles is 1. The monoisotopic (exact) mass is 298 g/mol. The van der Waals surface area contributed by atoms with E-state index in [2.05, 4.69) is 11.1 Å². The molecule has 2 aromatic carbocycles. The summed E-state index contributed by atoms with van der Waals surface area (Å²) in [4.78, 5) is 4.49. The van der Waals surface area contributed by atoms with Crippen LogP contribution in [-0.2, 0) is 0 Å². The van der Waals surface area contributed by atoms with Crippen molar-refractivity contribution in [1.29, 1.82) is 5.26 Å². The lowest BCUT2D eigenvalue weighted by Crippen LogP contribution is -1.91. The molecule has 0 aliphatic rings. The summed E-state index contributed by atoms with van der Waals surface area (Å²) in [5, 5.41) is 11.7. The van der Waals surface area contributed by atoms with Crippen LogP contribution in [0.3, 0.4) is 0 Å². The predicted molar refractivity (Wildman–Crippen MR) is 91.1 cm³/mol. The third-order valence-electron chi connectivity index (χ3n) is 4.31. The summed E-state index contributed by atoms with van der Waals surface area (Å²) >= 11 is 0. The highest BCUT2D eigenvalue weighted by Gasteiger charge is 2.16. The Balaban J connectivity index is 2.06. The maximum atomic E-state index is 9.69. The lowest BCUT2D eigenvalue weighted by atomic mass is 9.99. The van der Waals surface area contributed by atoms with Gasteiger partial charge in [-0.1, -0.05) is 24.3 Å². The van der Waals surface area contributed by atoms with Crippen LogP contribution in [0.1, 0.15) is 16.7 Å². The molecule has 0 fully saturated rings. The van der Waals surface area contributed by atoms with Gasteiger partial charge in [0.25, 0.3) is 0 Å². The maximum Gasteiger partial charge on any atom is 0.153 e.